The van der Waals surface area contributed by atoms with E-state index in [4.69, 9.17) is 4.74 Å². The van der Waals surface area contributed by atoms with Gasteiger partial charge < -0.3 is 20.5 Å². The number of ether oxygens (including phenoxy) is 1. The summed E-state index contributed by atoms with van der Waals surface area (Å²) in [5.74, 6) is -1.25. The number of hydrogen-bond acceptors (Lipinski definition) is 9. The Morgan fingerprint density at radius 3 is 2.63 bits per heavy atom. The van der Waals surface area contributed by atoms with Gasteiger partial charge in [-0.3, -0.25) is 4.79 Å². The fourth-order valence-electron chi connectivity index (χ4n) is 3.27. The molecule has 1 saturated heterocycles. The van der Waals surface area contributed by atoms with E-state index in [1.165, 1.54) is 36.0 Å². The van der Waals surface area contributed by atoms with Gasteiger partial charge in [-0.2, -0.15) is 11.8 Å². The summed E-state index contributed by atoms with van der Waals surface area (Å²) in [7, 11) is -3.92. The number of sulfonamides is 1. The van der Waals surface area contributed by atoms with Crippen LogP contribution < -0.4 is 15.4 Å². The lowest BCUT2D eigenvalue weighted by molar-refractivity contribution is -0.139. The molecular weight excluding hydrogens is 514 g/mol. The van der Waals surface area contributed by atoms with Crippen molar-refractivity contribution < 1.29 is 32.6 Å². The van der Waals surface area contributed by atoms with Crippen molar-refractivity contribution in [2.45, 2.75) is 61.4 Å². The second kappa shape index (κ2) is 12.9. The predicted molar refractivity (Wildman–Crippen MR) is 138 cm³/mol. The zero-order valence-electron chi connectivity index (χ0n) is 20.2. The van der Waals surface area contributed by atoms with E-state index in [-0.39, 0.29) is 40.0 Å². The predicted octanol–water partition coefficient (Wildman–Crippen LogP) is 2.30. The third-order valence-corrected chi connectivity index (χ3v) is 8.01. The Morgan fingerprint density at radius 1 is 1.29 bits per heavy atom. The molecule has 35 heavy (non-hydrogen) atoms. The van der Waals surface area contributed by atoms with Gasteiger partial charge in [0.15, 0.2) is 0 Å². The van der Waals surface area contributed by atoms with Gasteiger partial charge in [-0.25, -0.2) is 22.7 Å². The van der Waals surface area contributed by atoms with Crippen molar-refractivity contribution in [2.75, 3.05) is 25.1 Å². The Labute approximate surface area is 214 Å². The summed E-state index contributed by atoms with van der Waals surface area (Å²) in [6, 6.07) is 4.22. The average Bonchev–Trinajstić information content (AvgIpc) is 3.20. The fraction of sp³-hybridized carbons (Fsp3) is 0.591. The Balaban J connectivity index is 1.94. The van der Waals surface area contributed by atoms with E-state index in [1.807, 2.05) is 6.26 Å². The molecule has 0 unspecified atom stereocenters. The van der Waals surface area contributed by atoms with Crippen molar-refractivity contribution in [1.82, 2.24) is 15.4 Å². The smallest absolute Gasteiger partial charge is 0.368 e. The number of rotatable bonds is 11. The van der Waals surface area contributed by atoms with E-state index in [2.05, 4.69) is 15.4 Å². The quantitative estimate of drug-likeness (QED) is 0.304. The summed E-state index contributed by atoms with van der Waals surface area (Å²) < 4.78 is 33.5. The van der Waals surface area contributed by atoms with Crippen LogP contribution in [0.2, 0.25) is 0 Å². The van der Waals surface area contributed by atoms with Gasteiger partial charge in [0.1, 0.15) is 11.6 Å². The highest BCUT2D eigenvalue weighted by atomic mass is 32.2. The van der Waals surface area contributed by atoms with Gasteiger partial charge in [0.05, 0.1) is 4.90 Å². The van der Waals surface area contributed by atoms with Crippen LogP contribution in [0.15, 0.2) is 29.2 Å². The van der Waals surface area contributed by atoms with E-state index in [9.17, 15) is 27.9 Å². The zero-order valence-corrected chi connectivity index (χ0v) is 22.6. The number of aliphatic carboxylic acids is 1. The lowest BCUT2D eigenvalue weighted by atomic mass is 10.1. The van der Waals surface area contributed by atoms with E-state index in [0.29, 0.717) is 18.7 Å². The molecule has 1 amide bonds. The molecular formula is C22H33N3O7S3. The highest BCUT2D eigenvalue weighted by Crippen LogP contribution is 2.25. The number of carbonyl (C=O) groups excluding carboxylic acids is 2. The van der Waals surface area contributed by atoms with Crippen LogP contribution in [0.4, 0.5) is 4.79 Å². The first-order valence-electron chi connectivity index (χ1n) is 11.1. The molecule has 0 aromatic heterocycles. The van der Waals surface area contributed by atoms with Gasteiger partial charge >= 0.3 is 11.3 Å². The molecule has 1 fully saturated rings. The van der Waals surface area contributed by atoms with Crippen molar-refractivity contribution >= 4 is 50.7 Å². The molecule has 2 rings (SSSR count). The van der Waals surface area contributed by atoms with Gasteiger partial charge in [0.2, 0.25) is 10.0 Å². The van der Waals surface area contributed by atoms with Gasteiger partial charge in [0.25, 0.3) is 5.91 Å². The maximum atomic E-state index is 12.8. The first-order valence-corrected chi connectivity index (χ1v) is 14.8. The maximum Gasteiger partial charge on any atom is 0.368 e. The van der Waals surface area contributed by atoms with Gasteiger partial charge in [-0.15, -0.1) is 0 Å². The molecule has 1 aliphatic heterocycles. The molecule has 1 aliphatic rings. The second-order valence-corrected chi connectivity index (χ2v) is 13.1. The minimum atomic E-state index is -3.92. The van der Waals surface area contributed by atoms with Gasteiger partial charge in [-0.05, 0) is 75.6 Å². The second-order valence-electron chi connectivity index (χ2n) is 9.07. The summed E-state index contributed by atoms with van der Waals surface area (Å²) in [5.41, 5.74) is -0.518. The molecule has 0 aliphatic carbocycles. The average molecular weight is 548 g/mol. The highest BCUT2D eigenvalue weighted by Gasteiger charge is 2.30. The first kappa shape index (κ1) is 29.4. The molecule has 13 heteroatoms. The minimum Gasteiger partial charge on any atom is -0.480 e. The third-order valence-electron chi connectivity index (χ3n) is 4.97. The fourth-order valence-corrected chi connectivity index (χ4v) is 5.95. The number of carboxylic acid groups (broad SMARTS) is 1. The molecule has 0 bridgehead atoms. The number of carboxylic acids is 1. The van der Waals surface area contributed by atoms with Crippen molar-refractivity contribution in [3.05, 3.63) is 29.8 Å². The van der Waals surface area contributed by atoms with Crippen molar-refractivity contribution in [3.8, 4) is 0 Å². The van der Waals surface area contributed by atoms with Gasteiger partial charge in [-0.1, -0.05) is 6.07 Å². The maximum absolute atomic E-state index is 12.8. The molecule has 1 aromatic carbocycles. The molecule has 0 spiro atoms. The van der Waals surface area contributed by atoms with Crippen molar-refractivity contribution in [2.24, 2.45) is 0 Å². The standard InChI is InChI=1S/C22H33N3O7S3/c1-22(2,3)32-21(29)34-16-11-15(23-13-16)12-24-35(30,31)17-7-5-6-14(10-17)19(26)25-18(20(27)28)8-9-33-4/h5-7,10,15-16,18,23-24H,8-9,11-13H2,1-4H3,(H,25,26)(H,27,28)/t15-,16-,18-/m0/s1. The highest BCUT2D eigenvalue weighted by molar-refractivity contribution is 8.13. The third kappa shape index (κ3) is 10.00. The van der Waals surface area contributed by atoms with Crippen LogP contribution in [0, 0.1) is 0 Å². The SMILES string of the molecule is CSCC[C@H](NC(=O)c1cccc(S(=O)(=O)NC[C@@H]2C[C@H](SC(=O)OC(C)(C)C)CN2)c1)C(=O)O. The van der Waals surface area contributed by atoms with E-state index < -0.39 is 33.5 Å². The topological polar surface area (TPSA) is 151 Å². The van der Waals surface area contributed by atoms with Crippen LogP contribution in [-0.2, 0) is 19.6 Å². The Hall–Kier alpha value is -1.80. The largest absolute Gasteiger partial charge is 0.480 e. The van der Waals surface area contributed by atoms with E-state index >= 15 is 0 Å². The summed E-state index contributed by atoms with van der Waals surface area (Å²) in [6.45, 7) is 6.05. The van der Waals surface area contributed by atoms with Gasteiger partial charge in [0, 0.05) is 29.9 Å². The Morgan fingerprint density at radius 2 is 2.00 bits per heavy atom. The summed E-state index contributed by atoms with van der Waals surface area (Å²) in [4.78, 5) is 35.8. The Kier molecular flexibility index (Phi) is 10.9. The van der Waals surface area contributed by atoms with E-state index in [0.717, 1.165) is 11.8 Å². The van der Waals surface area contributed by atoms with Crippen LogP contribution in [0.5, 0.6) is 0 Å². The number of nitrogens with one attached hydrogen (secondary N) is 3. The molecule has 0 radical (unpaired) electrons. The van der Waals surface area contributed by atoms with Crippen LogP contribution in [0.25, 0.3) is 0 Å². The number of carbonyl (C=O) groups is 3. The normalized spacial score (nSPS) is 19.2. The van der Waals surface area contributed by atoms with Crippen LogP contribution in [0.1, 0.15) is 44.0 Å². The summed E-state index contributed by atoms with van der Waals surface area (Å²) in [5, 5.41) is 14.6. The minimum absolute atomic E-state index is 0.0281. The molecule has 10 nitrogen and oxygen atoms in total. The Bertz CT molecular complexity index is 1010. The first-order chi connectivity index (χ1) is 16.3. The molecule has 196 valence electrons. The number of hydrogen-bond donors (Lipinski definition) is 4. The van der Waals surface area contributed by atoms with Crippen LogP contribution >= 0.6 is 23.5 Å². The molecule has 4 N–H and O–H groups in total. The van der Waals surface area contributed by atoms with E-state index in [1.54, 1.807) is 20.8 Å². The number of amides is 1. The molecule has 0 saturated carbocycles. The van der Waals surface area contributed by atoms with Crippen LogP contribution in [-0.4, -0.2) is 78.7 Å². The zero-order chi connectivity index (χ0) is 26.2. The molecule has 1 heterocycles. The molecule has 1 aromatic rings. The van der Waals surface area contributed by atoms with Crippen LogP contribution in [0.3, 0.4) is 0 Å². The lowest BCUT2D eigenvalue weighted by Crippen LogP contribution is -2.41. The summed E-state index contributed by atoms with van der Waals surface area (Å²) >= 11 is 2.56. The van der Waals surface area contributed by atoms with Crippen molar-refractivity contribution in [1.29, 1.82) is 0 Å². The molecule has 3 atom stereocenters. The number of thioether (sulfide) groups is 2. The van der Waals surface area contributed by atoms with Crippen molar-refractivity contribution in [3.63, 3.8) is 0 Å². The monoisotopic (exact) mass is 547 g/mol. The number of benzene rings is 1. The lowest BCUT2D eigenvalue weighted by Gasteiger charge is -2.20. The summed E-state index contributed by atoms with van der Waals surface area (Å²) in [6.07, 6.45) is 2.67.